The van der Waals surface area contributed by atoms with Crippen LogP contribution >= 0.6 is 11.6 Å². The van der Waals surface area contributed by atoms with Crippen molar-refractivity contribution in [2.75, 3.05) is 18.0 Å². The van der Waals surface area contributed by atoms with E-state index in [9.17, 15) is 0 Å². The number of hydrogen-bond acceptors (Lipinski definition) is 4. The first-order valence-corrected chi connectivity index (χ1v) is 8.08. The van der Waals surface area contributed by atoms with Gasteiger partial charge in [0, 0.05) is 31.4 Å². The summed E-state index contributed by atoms with van der Waals surface area (Å²) in [5.74, 6) is 0.899. The summed E-state index contributed by atoms with van der Waals surface area (Å²) in [5, 5.41) is 4.20. The van der Waals surface area contributed by atoms with E-state index < -0.39 is 0 Å². The standard InChI is InChI=1S/C16H24ClN3O/c1-16(2,3)19-8-11-6-14(17)15(18-7-11)20-9-12-4-5-13(10-20)21-12/h6-7,12-13,19H,4-5,8-10H2,1-3H3. The van der Waals surface area contributed by atoms with Crippen LogP contribution < -0.4 is 10.2 Å². The van der Waals surface area contributed by atoms with Gasteiger partial charge in [0.15, 0.2) is 0 Å². The molecule has 3 heterocycles. The lowest BCUT2D eigenvalue weighted by molar-refractivity contribution is 0.0302. The lowest BCUT2D eigenvalue weighted by Gasteiger charge is -2.33. The number of halogens is 1. The van der Waals surface area contributed by atoms with Crippen LogP contribution in [-0.4, -0.2) is 35.8 Å². The molecule has 0 radical (unpaired) electrons. The van der Waals surface area contributed by atoms with E-state index in [1.54, 1.807) is 0 Å². The molecule has 2 aliphatic rings. The fourth-order valence-corrected chi connectivity index (χ4v) is 3.26. The minimum absolute atomic E-state index is 0.0918. The highest BCUT2D eigenvalue weighted by Crippen LogP contribution is 2.32. The van der Waals surface area contributed by atoms with Crippen molar-refractivity contribution in [1.29, 1.82) is 0 Å². The monoisotopic (exact) mass is 309 g/mol. The molecule has 2 atom stereocenters. The smallest absolute Gasteiger partial charge is 0.147 e. The van der Waals surface area contributed by atoms with Crippen molar-refractivity contribution in [3.8, 4) is 0 Å². The van der Waals surface area contributed by atoms with E-state index >= 15 is 0 Å². The maximum absolute atomic E-state index is 6.46. The van der Waals surface area contributed by atoms with Gasteiger partial charge in [-0.2, -0.15) is 0 Å². The van der Waals surface area contributed by atoms with E-state index in [0.717, 1.165) is 48.9 Å². The summed E-state index contributed by atoms with van der Waals surface area (Å²) >= 11 is 6.46. The Balaban J connectivity index is 1.69. The summed E-state index contributed by atoms with van der Waals surface area (Å²) in [5.41, 5.74) is 1.21. The number of nitrogens with zero attached hydrogens (tertiary/aromatic N) is 2. The van der Waals surface area contributed by atoms with E-state index in [1.807, 2.05) is 12.3 Å². The summed E-state index contributed by atoms with van der Waals surface area (Å²) in [6.07, 6.45) is 4.95. The van der Waals surface area contributed by atoms with E-state index in [1.165, 1.54) is 0 Å². The summed E-state index contributed by atoms with van der Waals surface area (Å²) in [6.45, 7) is 9.05. The molecular formula is C16H24ClN3O. The molecule has 116 valence electrons. The fourth-order valence-electron chi connectivity index (χ4n) is 2.95. The van der Waals surface area contributed by atoms with Gasteiger partial charge in [-0.05, 0) is 45.2 Å². The van der Waals surface area contributed by atoms with Gasteiger partial charge >= 0.3 is 0 Å². The lowest BCUT2D eigenvalue weighted by Crippen LogP contribution is -2.43. The molecule has 2 saturated heterocycles. The van der Waals surface area contributed by atoms with Crippen molar-refractivity contribution in [2.24, 2.45) is 0 Å². The van der Waals surface area contributed by atoms with Crippen LogP contribution in [0.4, 0.5) is 5.82 Å². The topological polar surface area (TPSA) is 37.4 Å². The molecule has 1 aromatic rings. The summed E-state index contributed by atoms with van der Waals surface area (Å²) in [6, 6.07) is 2.03. The average Bonchev–Trinajstić information content (AvgIpc) is 2.74. The fraction of sp³-hybridized carbons (Fsp3) is 0.688. The maximum atomic E-state index is 6.46. The van der Waals surface area contributed by atoms with Crippen molar-refractivity contribution >= 4 is 17.4 Å². The van der Waals surface area contributed by atoms with Crippen LogP contribution in [0.5, 0.6) is 0 Å². The molecule has 0 amide bonds. The zero-order chi connectivity index (χ0) is 15.0. The van der Waals surface area contributed by atoms with Crippen molar-refractivity contribution < 1.29 is 4.74 Å². The van der Waals surface area contributed by atoms with Gasteiger partial charge in [0.2, 0.25) is 0 Å². The van der Waals surface area contributed by atoms with Crippen molar-refractivity contribution in [1.82, 2.24) is 10.3 Å². The minimum atomic E-state index is 0.0918. The van der Waals surface area contributed by atoms with E-state index in [-0.39, 0.29) is 5.54 Å². The average molecular weight is 310 g/mol. The van der Waals surface area contributed by atoms with Gasteiger partial charge in [-0.3, -0.25) is 0 Å². The van der Waals surface area contributed by atoms with Gasteiger partial charge in [0.1, 0.15) is 5.82 Å². The summed E-state index contributed by atoms with van der Waals surface area (Å²) in [4.78, 5) is 6.87. The predicted octanol–water partition coefficient (Wildman–Crippen LogP) is 2.99. The Morgan fingerprint density at radius 2 is 2.00 bits per heavy atom. The third kappa shape index (κ3) is 3.68. The third-order valence-corrected chi connectivity index (χ3v) is 4.32. The maximum Gasteiger partial charge on any atom is 0.147 e. The Hall–Kier alpha value is -0.840. The SMILES string of the molecule is CC(C)(C)NCc1cnc(N2CC3CCC(C2)O3)c(Cl)c1. The lowest BCUT2D eigenvalue weighted by atomic mass is 10.1. The first-order valence-electron chi connectivity index (χ1n) is 7.70. The molecule has 2 unspecified atom stereocenters. The Bertz CT molecular complexity index is 503. The Morgan fingerprint density at radius 1 is 1.33 bits per heavy atom. The number of aromatic nitrogens is 1. The van der Waals surface area contributed by atoms with Gasteiger partial charge in [0.05, 0.1) is 17.2 Å². The van der Waals surface area contributed by atoms with Crippen molar-refractivity contribution in [3.05, 3.63) is 22.8 Å². The summed E-state index contributed by atoms with van der Waals surface area (Å²) < 4.78 is 5.87. The Labute approximate surface area is 131 Å². The number of morpholine rings is 1. The number of pyridine rings is 1. The van der Waals surface area contributed by atoms with Crippen LogP contribution in [0, 0.1) is 0 Å². The normalized spacial score (nSPS) is 25.4. The molecule has 21 heavy (non-hydrogen) atoms. The molecule has 3 rings (SSSR count). The number of fused-ring (bicyclic) bond motifs is 2. The molecule has 0 aromatic carbocycles. The predicted molar refractivity (Wildman–Crippen MR) is 85.9 cm³/mol. The molecule has 1 N–H and O–H groups in total. The molecule has 2 bridgehead atoms. The molecular weight excluding hydrogens is 286 g/mol. The largest absolute Gasteiger partial charge is 0.371 e. The van der Waals surface area contributed by atoms with Crippen LogP contribution in [0.1, 0.15) is 39.2 Å². The molecule has 5 heteroatoms. The van der Waals surface area contributed by atoms with Gasteiger partial charge in [-0.15, -0.1) is 0 Å². The van der Waals surface area contributed by atoms with Gasteiger partial charge < -0.3 is 15.0 Å². The molecule has 4 nitrogen and oxygen atoms in total. The van der Waals surface area contributed by atoms with Crippen LogP contribution in [-0.2, 0) is 11.3 Å². The van der Waals surface area contributed by atoms with Crippen molar-refractivity contribution in [2.45, 2.75) is 57.9 Å². The molecule has 0 spiro atoms. The van der Waals surface area contributed by atoms with Gasteiger partial charge in [-0.25, -0.2) is 4.98 Å². The number of anilines is 1. The van der Waals surface area contributed by atoms with E-state index in [2.05, 4.69) is 36.0 Å². The number of rotatable bonds is 3. The number of hydrogen-bond donors (Lipinski definition) is 1. The molecule has 1 aromatic heterocycles. The Kier molecular flexibility index (Phi) is 4.12. The second-order valence-electron chi connectivity index (χ2n) is 7.11. The van der Waals surface area contributed by atoms with Gasteiger partial charge in [0.25, 0.3) is 0 Å². The molecule has 2 aliphatic heterocycles. The first kappa shape index (κ1) is 15.1. The second kappa shape index (κ2) is 5.75. The minimum Gasteiger partial charge on any atom is -0.371 e. The Morgan fingerprint density at radius 3 is 2.57 bits per heavy atom. The van der Waals surface area contributed by atoms with Crippen LogP contribution in [0.25, 0.3) is 0 Å². The van der Waals surface area contributed by atoms with Crippen LogP contribution in [0.15, 0.2) is 12.3 Å². The van der Waals surface area contributed by atoms with E-state index in [4.69, 9.17) is 16.3 Å². The third-order valence-electron chi connectivity index (χ3n) is 4.04. The zero-order valence-corrected chi connectivity index (χ0v) is 13.8. The zero-order valence-electron chi connectivity index (χ0n) is 13.0. The highest BCUT2D eigenvalue weighted by Gasteiger charge is 2.34. The highest BCUT2D eigenvalue weighted by molar-refractivity contribution is 6.33. The molecule has 2 fully saturated rings. The molecule has 0 aliphatic carbocycles. The van der Waals surface area contributed by atoms with Crippen molar-refractivity contribution in [3.63, 3.8) is 0 Å². The van der Waals surface area contributed by atoms with Crippen LogP contribution in [0.2, 0.25) is 5.02 Å². The highest BCUT2D eigenvalue weighted by atomic mass is 35.5. The molecule has 0 saturated carbocycles. The summed E-state index contributed by atoms with van der Waals surface area (Å²) in [7, 11) is 0. The quantitative estimate of drug-likeness (QED) is 0.931. The first-order chi connectivity index (χ1) is 9.90. The number of nitrogens with one attached hydrogen (secondary N) is 1. The van der Waals surface area contributed by atoms with E-state index in [0.29, 0.717) is 12.2 Å². The van der Waals surface area contributed by atoms with Crippen LogP contribution in [0.3, 0.4) is 0 Å². The van der Waals surface area contributed by atoms with Gasteiger partial charge in [-0.1, -0.05) is 11.6 Å². The number of ether oxygens (including phenoxy) is 1. The second-order valence-corrected chi connectivity index (χ2v) is 7.52.